The van der Waals surface area contributed by atoms with Gasteiger partial charge >= 0.3 is 0 Å². The van der Waals surface area contributed by atoms with Crippen molar-refractivity contribution >= 4 is 58.5 Å². The molecule has 0 unspecified atom stereocenters. The summed E-state index contributed by atoms with van der Waals surface area (Å²) in [7, 11) is 0. The van der Waals surface area contributed by atoms with Gasteiger partial charge in [0.15, 0.2) is 11.6 Å². The molecule has 1 rings (SSSR count). The van der Waals surface area contributed by atoms with Gasteiger partial charge in [-0.05, 0) is 74.0 Å². The number of Topliss-reactive ketones (excluding diaryl/α,β-unsaturated/α-hetero) is 5. The van der Waals surface area contributed by atoms with Crippen molar-refractivity contribution in [3.63, 3.8) is 0 Å². The number of carbonyl (C=O) groups is 10. The van der Waals surface area contributed by atoms with Crippen LogP contribution in [0.1, 0.15) is 153 Å². The normalized spacial score (nSPS) is 15.9. The summed E-state index contributed by atoms with van der Waals surface area (Å²) in [4.78, 5) is 143. The van der Waals surface area contributed by atoms with E-state index in [2.05, 4.69) is 36.4 Å². The maximum Gasteiger partial charge on any atom is 0.234 e. The third kappa shape index (κ3) is 55.3. The molecule has 32 nitrogen and oxygen atoms in total. The van der Waals surface area contributed by atoms with Gasteiger partial charge in [0, 0.05) is 149 Å². The highest BCUT2D eigenvalue weighted by molar-refractivity contribution is 5.93. The van der Waals surface area contributed by atoms with E-state index in [-0.39, 0.29) is 167 Å². The molecule has 5 amide bonds. The summed E-state index contributed by atoms with van der Waals surface area (Å²) >= 11 is 0. The number of hydrogen-bond donors (Lipinski definition) is 10. The number of aliphatic hydroxyl groups excluding tert-OH is 2. The molecule has 13 N–H and O–H groups in total. The van der Waals surface area contributed by atoms with E-state index in [0.717, 1.165) is 0 Å². The van der Waals surface area contributed by atoms with Crippen molar-refractivity contribution in [3.8, 4) is 0 Å². The highest BCUT2D eigenvalue weighted by Gasteiger charge is 2.35. The molecule has 1 aliphatic heterocycles. The van der Waals surface area contributed by atoms with Crippen molar-refractivity contribution in [1.82, 2.24) is 46.2 Å². The second-order valence-corrected chi connectivity index (χ2v) is 31.1. The Morgan fingerprint density at radius 3 is 1.05 bits per heavy atom. The zero-order valence-electron chi connectivity index (χ0n) is 69.7. The lowest BCUT2D eigenvalue weighted by atomic mass is 9.83. The number of rotatable bonds is 68. The smallest absolute Gasteiger partial charge is 0.234 e. The predicted octanol–water partition coefficient (Wildman–Crippen LogP) is 0.932. The summed E-state index contributed by atoms with van der Waals surface area (Å²) in [6.45, 7) is 32.1. The predicted molar refractivity (Wildman–Crippen MR) is 425 cm³/mol. The van der Waals surface area contributed by atoms with Crippen LogP contribution in [0.2, 0.25) is 0 Å². The molecule has 111 heavy (non-hydrogen) atoms. The second kappa shape index (κ2) is 65.2. The van der Waals surface area contributed by atoms with Gasteiger partial charge in [-0.3, -0.25) is 67.5 Å². The molecule has 32 heteroatoms. The Hall–Kier alpha value is -4.98. The summed E-state index contributed by atoms with van der Waals surface area (Å²) in [6.07, 6.45) is -0.485. The number of ketones is 5. The number of ether oxygens (including phenoxy) is 8. The van der Waals surface area contributed by atoms with Gasteiger partial charge in [-0.2, -0.15) is 0 Å². The fraction of sp³-hybridized carbons (Fsp3) is 0.873. The van der Waals surface area contributed by atoms with Gasteiger partial charge in [0.05, 0.1) is 156 Å². The fourth-order valence-corrected chi connectivity index (χ4v) is 12.7. The molecule has 0 bridgehead atoms. The number of nitrogens with one attached hydrogen (secondary N) is 5. The number of carbonyl (C=O) groups excluding carboxylic acids is 10. The Kier molecular flexibility index (Phi) is 61.1. The van der Waals surface area contributed by atoms with Gasteiger partial charge < -0.3 is 91.9 Å². The van der Waals surface area contributed by atoms with Crippen LogP contribution in [0.4, 0.5) is 0 Å². The Balaban J connectivity index is 2.91. The van der Waals surface area contributed by atoms with Crippen LogP contribution in [-0.2, 0) is 85.8 Å². The SMILES string of the molecule is CC(C)CC(=O)C[C@H](C(=O)N[C@H](C(=O)C[C@@H](CC(C)C)[C@@H](O)CC(=O)N[C@@H](C)C(=O)C[C@@H](CC(C)C)[C@@H](O)CC(=O)NCCOCCOCCCC(=O)CN1CCN(CC(=O)CCCOCCOCCN)CCN(CC(=O)NCCOCCOCCN)CCN(CC(=O)NCCOCCOCCN)CC1)C(C)C)C(C)C. The Labute approximate surface area is 663 Å². The Bertz CT molecular complexity index is 2490. The molecule has 0 aliphatic carbocycles. The standard InChI is InChI=1S/C79H150N12O20/c1-58(2)46-64(49-70(95)63(11)86-75(100)53-72(97)65(47-59(3)4)50-73(98)78(62(9)10)87-79(103)69(61(7)8)51-68(94)48-60(5)6)71(96)52-74(99)83-19-35-109-43-39-105-31-13-15-67(93)55-89-23-22-88(54-66(92)14-12-30-104-38-40-106-32-16-80)24-26-90(56-76(101)84-20-36-110-44-41-107-33-17-81)28-29-91(27-25-89)57-77(102)85-21-37-111-45-42-108-34-18-82/h58-65,69,71-72,78,96-97H,12-57,80-82H2,1-11H3,(H,83,99)(H,84,101)(H,85,102)(H,86,100)(H,87,103)/t63-,64+,65+,69-,71-,72-,78-/m0/s1. The van der Waals surface area contributed by atoms with Crippen LogP contribution in [0.5, 0.6) is 0 Å². The maximum atomic E-state index is 14.0. The summed E-state index contributed by atoms with van der Waals surface area (Å²) in [5.41, 5.74) is 16.5. The monoisotopic (exact) mass is 1590 g/mol. The number of nitrogens with zero attached hydrogens (tertiary/aromatic N) is 4. The lowest BCUT2D eigenvalue weighted by Crippen LogP contribution is -2.50. The first-order valence-electron chi connectivity index (χ1n) is 41.0. The average molecular weight is 1590 g/mol. The Morgan fingerprint density at radius 1 is 0.351 bits per heavy atom. The third-order valence-electron chi connectivity index (χ3n) is 18.7. The second-order valence-electron chi connectivity index (χ2n) is 31.1. The summed E-state index contributed by atoms with van der Waals surface area (Å²) in [5, 5.41) is 37.1. The largest absolute Gasteiger partial charge is 0.392 e. The number of hydrogen-bond acceptors (Lipinski definition) is 27. The molecule has 0 aromatic carbocycles. The lowest BCUT2D eigenvalue weighted by Gasteiger charge is -2.33. The van der Waals surface area contributed by atoms with E-state index in [1.54, 1.807) is 0 Å². The Morgan fingerprint density at radius 2 is 0.694 bits per heavy atom. The molecule has 0 saturated carbocycles. The minimum absolute atomic E-state index is 0.00209. The van der Waals surface area contributed by atoms with Gasteiger partial charge in [0.2, 0.25) is 29.5 Å². The number of amides is 5. The summed E-state index contributed by atoms with van der Waals surface area (Å²) < 4.78 is 44.5. The molecular weight excluding hydrogens is 1440 g/mol. The maximum absolute atomic E-state index is 14.0. The first-order chi connectivity index (χ1) is 53.0. The first-order valence-corrected chi connectivity index (χ1v) is 41.0. The van der Waals surface area contributed by atoms with Crippen molar-refractivity contribution in [2.45, 2.75) is 178 Å². The molecule has 7 atom stereocenters. The zero-order valence-corrected chi connectivity index (χ0v) is 69.7. The van der Waals surface area contributed by atoms with Crippen LogP contribution < -0.4 is 43.8 Å². The minimum atomic E-state index is -1.24. The van der Waals surface area contributed by atoms with Crippen LogP contribution in [0.25, 0.3) is 0 Å². The van der Waals surface area contributed by atoms with Crippen molar-refractivity contribution < 1.29 is 96.1 Å². The third-order valence-corrected chi connectivity index (χ3v) is 18.7. The van der Waals surface area contributed by atoms with Gasteiger partial charge in [0.25, 0.3) is 0 Å². The molecule has 646 valence electrons. The van der Waals surface area contributed by atoms with Gasteiger partial charge in [-0.1, -0.05) is 69.2 Å². The van der Waals surface area contributed by atoms with Crippen LogP contribution in [0, 0.1) is 47.3 Å². The lowest BCUT2D eigenvalue weighted by molar-refractivity contribution is -0.135. The minimum Gasteiger partial charge on any atom is -0.392 e. The topological polar surface area (TPSA) is 436 Å². The molecule has 0 aromatic heterocycles. The van der Waals surface area contributed by atoms with Gasteiger partial charge in [-0.25, -0.2) is 0 Å². The quantitative estimate of drug-likeness (QED) is 0.0379. The van der Waals surface area contributed by atoms with E-state index in [9.17, 15) is 58.2 Å². The highest BCUT2D eigenvalue weighted by Crippen LogP contribution is 2.27. The van der Waals surface area contributed by atoms with Crippen LogP contribution >= 0.6 is 0 Å². The molecule has 1 fully saturated rings. The first kappa shape index (κ1) is 104. The van der Waals surface area contributed by atoms with Crippen molar-refractivity contribution in [2.75, 3.05) is 224 Å². The van der Waals surface area contributed by atoms with Gasteiger partial charge in [0.1, 0.15) is 17.3 Å². The fourth-order valence-electron chi connectivity index (χ4n) is 12.7. The van der Waals surface area contributed by atoms with Crippen molar-refractivity contribution in [1.29, 1.82) is 0 Å². The number of nitrogens with two attached hydrogens (primary N) is 3. The van der Waals surface area contributed by atoms with Gasteiger partial charge in [-0.15, -0.1) is 0 Å². The molecule has 0 aromatic rings. The van der Waals surface area contributed by atoms with Crippen LogP contribution in [-0.4, -0.2) is 336 Å². The van der Waals surface area contributed by atoms with Crippen molar-refractivity contribution in [2.24, 2.45) is 64.5 Å². The molecule has 1 heterocycles. The molecule has 1 saturated heterocycles. The molecule has 1 aliphatic rings. The molecule has 0 radical (unpaired) electrons. The van der Waals surface area contributed by atoms with E-state index in [4.69, 9.17) is 55.1 Å². The summed E-state index contributed by atoms with van der Waals surface area (Å²) in [6, 6.07) is -1.86. The number of aliphatic hydroxyl groups is 2. The van der Waals surface area contributed by atoms with E-state index >= 15 is 0 Å². The van der Waals surface area contributed by atoms with E-state index < -0.39 is 53.9 Å². The zero-order chi connectivity index (χ0) is 82.7. The molecule has 0 spiro atoms. The highest BCUT2D eigenvalue weighted by atomic mass is 16.5. The summed E-state index contributed by atoms with van der Waals surface area (Å²) in [5.74, 6) is -4.44. The van der Waals surface area contributed by atoms with E-state index in [1.165, 1.54) is 6.92 Å². The van der Waals surface area contributed by atoms with E-state index in [0.29, 0.717) is 209 Å². The van der Waals surface area contributed by atoms with Crippen LogP contribution in [0.3, 0.4) is 0 Å². The van der Waals surface area contributed by atoms with Crippen molar-refractivity contribution in [3.05, 3.63) is 0 Å². The van der Waals surface area contributed by atoms with Crippen LogP contribution in [0.15, 0.2) is 0 Å². The van der Waals surface area contributed by atoms with E-state index in [1.807, 2.05) is 79.0 Å². The average Bonchev–Trinajstić information content (AvgIpc) is 0.855. The molecular formula is C79H150N12O20.